The fraction of sp³-hybridized carbons (Fsp3) is 0.305. The molecule has 0 aliphatic carbocycles. The molecule has 0 unspecified atom stereocenters. The van der Waals surface area contributed by atoms with E-state index in [2.05, 4.69) is 24.7 Å². The molecule has 1 atom stereocenters. The molecule has 3 heterocycles. The van der Waals surface area contributed by atoms with E-state index in [0.717, 1.165) is 39.5 Å². The second-order valence-electron chi connectivity index (χ2n) is 20.1. The Morgan fingerprint density at radius 1 is 0.762 bits per heavy atom. The van der Waals surface area contributed by atoms with Gasteiger partial charge < -0.3 is 39.5 Å². The minimum Gasteiger partial charge on any atom is -0.478 e. The maximum atomic E-state index is 14.5. The second-order valence-corrected chi connectivity index (χ2v) is 25.2. The van der Waals surface area contributed by atoms with Gasteiger partial charge >= 0.3 is 11.5 Å². The molecule has 2 fully saturated rings. The van der Waals surface area contributed by atoms with Crippen LogP contribution < -0.4 is 24.6 Å². The Kier molecular flexibility index (Phi) is 17.8. The highest BCUT2D eigenvalue weighted by molar-refractivity contribution is 7.99. The molecule has 7 aromatic rings. The lowest BCUT2D eigenvalue weighted by molar-refractivity contribution is -0.0436. The van der Waals surface area contributed by atoms with Gasteiger partial charge in [-0.05, 0) is 130 Å². The number of thioether (sulfide) groups is 1. The molecular weight excluding hydrogens is 1110 g/mol. The van der Waals surface area contributed by atoms with Crippen molar-refractivity contribution in [2.24, 2.45) is 0 Å². The fourth-order valence-corrected chi connectivity index (χ4v) is 13.5. The summed E-state index contributed by atoms with van der Waals surface area (Å²) in [6, 6.07) is 40.1. The van der Waals surface area contributed by atoms with Crippen LogP contribution >= 0.6 is 23.4 Å². The smallest absolute Gasteiger partial charge is 0.478 e. The van der Waals surface area contributed by atoms with Crippen LogP contribution in [0.15, 0.2) is 160 Å². The lowest BCUT2D eigenvalue weighted by Gasteiger charge is -2.37. The average molecular weight is 1170 g/mol. The maximum absolute atomic E-state index is 14.5. The number of aromatic nitrogens is 1. The van der Waals surface area contributed by atoms with Gasteiger partial charge in [-0.25, -0.2) is 21.6 Å². The van der Waals surface area contributed by atoms with E-state index in [4.69, 9.17) is 16.3 Å². The number of anilines is 4. The first-order valence-corrected chi connectivity index (χ1v) is 30.5. The highest BCUT2D eigenvalue weighted by Crippen LogP contribution is 2.44. The van der Waals surface area contributed by atoms with Crippen LogP contribution in [0.3, 0.4) is 0 Å². The van der Waals surface area contributed by atoms with E-state index < -0.39 is 59.0 Å². The maximum Gasteiger partial charge on any atom is 0.501 e. The Morgan fingerprint density at radius 3 is 2.01 bits per heavy atom. The van der Waals surface area contributed by atoms with E-state index in [0.29, 0.717) is 105 Å². The zero-order valence-electron chi connectivity index (χ0n) is 44.2. The van der Waals surface area contributed by atoms with Gasteiger partial charge in [-0.15, -0.1) is 11.8 Å². The Labute approximate surface area is 474 Å². The van der Waals surface area contributed by atoms with Crippen molar-refractivity contribution in [2.45, 2.75) is 78.4 Å². The number of piperazine rings is 1. The van der Waals surface area contributed by atoms with Crippen LogP contribution in [0.5, 0.6) is 11.5 Å². The van der Waals surface area contributed by atoms with Gasteiger partial charge in [0.05, 0.1) is 33.6 Å². The van der Waals surface area contributed by atoms with E-state index in [1.54, 1.807) is 54.6 Å². The van der Waals surface area contributed by atoms with Gasteiger partial charge in [0.2, 0.25) is 0 Å². The van der Waals surface area contributed by atoms with Crippen LogP contribution in [0.2, 0.25) is 5.02 Å². The highest BCUT2D eigenvalue weighted by atomic mass is 35.5. The minimum absolute atomic E-state index is 0.0508. The number of hydrogen-bond acceptors (Lipinski definition) is 12. The third kappa shape index (κ3) is 13.2. The molecule has 2 aliphatic rings. The molecular formula is C59H62ClF3N6O8S3. The fourth-order valence-electron chi connectivity index (χ4n) is 10.3. The number of rotatable bonds is 20. The molecule has 80 heavy (non-hydrogen) atoms. The van der Waals surface area contributed by atoms with E-state index in [1.165, 1.54) is 17.8 Å². The van der Waals surface area contributed by atoms with Crippen molar-refractivity contribution in [1.29, 1.82) is 0 Å². The quantitative estimate of drug-likeness (QED) is 0.0532. The number of carbonyl (C=O) groups is 1. The van der Waals surface area contributed by atoms with E-state index in [-0.39, 0.29) is 23.0 Å². The lowest BCUT2D eigenvalue weighted by atomic mass is 9.96. The summed E-state index contributed by atoms with van der Waals surface area (Å²) < 4.78 is 110. The topological polar surface area (TPSA) is 174 Å². The average Bonchev–Trinajstić information content (AvgIpc) is 3.84. The zero-order chi connectivity index (χ0) is 56.9. The van der Waals surface area contributed by atoms with Crippen LogP contribution in [-0.4, -0.2) is 112 Å². The predicted octanol–water partition coefficient (Wildman–Crippen LogP) is 12.7. The number of nitrogens with one attached hydrogen (secondary N) is 2. The Hall–Kier alpha value is -6.68. The van der Waals surface area contributed by atoms with Gasteiger partial charge in [-0.2, -0.15) is 13.2 Å². The summed E-state index contributed by atoms with van der Waals surface area (Å²) in [6.07, 6.45) is 1.16. The molecule has 0 radical (unpaired) electrons. The molecule has 2 saturated heterocycles. The highest BCUT2D eigenvalue weighted by Gasteiger charge is 2.48. The molecule has 2 aliphatic heterocycles. The van der Waals surface area contributed by atoms with Crippen LogP contribution in [-0.2, 0) is 19.9 Å². The van der Waals surface area contributed by atoms with Crippen molar-refractivity contribution < 1.29 is 49.8 Å². The van der Waals surface area contributed by atoms with Crippen LogP contribution in [0, 0.1) is 6.92 Å². The normalized spacial score (nSPS) is 15.3. The number of sulfonamides is 1. The van der Waals surface area contributed by atoms with Crippen molar-refractivity contribution in [3.63, 3.8) is 0 Å². The zero-order valence-corrected chi connectivity index (χ0v) is 47.4. The van der Waals surface area contributed by atoms with Gasteiger partial charge in [0.15, 0.2) is 5.75 Å². The number of piperidine rings is 1. The second kappa shape index (κ2) is 24.6. The number of aliphatic hydroxyl groups excluding tert-OH is 1. The number of sulfone groups is 1. The van der Waals surface area contributed by atoms with Crippen LogP contribution in [0.4, 0.5) is 35.9 Å². The van der Waals surface area contributed by atoms with Gasteiger partial charge in [0.25, 0.3) is 19.9 Å². The molecule has 14 nitrogen and oxygen atoms in total. The molecule has 21 heteroatoms. The number of aromatic carboxylic acids is 1. The molecule has 0 saturated carbocycles. The standard InChI is InChI=1S/C59H62ClF3N6O8S3/c1-39(2)69-40(3)55(58(71)72)56(57(69)41-17-19-43(60)20-18-41)42-11-10-12-45(35-42)67-31-33-68(34-32-67)46-21-23-51(53(36-46)77-48-13-6-4-7-14-48)65-80(75,76)50-22-24-52(54(37-50)79(73,74)59(61,62)63)64-44(38-78-49-15-8-5-9-16-49)25-28-66-29-26-47(70)27-30-66/h4-24,35-37,39,44,47,64-65,70H,25-34,38H2,1-3H3,(H,71,72)/t44-/m1/s1. The molecule has 4 N–H and O–H groups in total. The molecule has 422 valence electrons. The van der Waals surface area contributed by atoms with Crippen LogP contribution in [0.1, 0.15) is 55.2 Å². The van der Waals surface area contributed by atoms with Crippen molar-refractivity contribution >= 4 is 71.9 Å². The number of likely N-dealkylation sites (tertiary alicyclic amines) is 1. The first-order chi connectivity index (χ1) is 38.2. The number of hydrogen-bond donors (Lipinski definition) is 4. The van der Waals surface area contributed by atoms with Crippen LogP contribution in [0.25, 0.3) is 22.4 Å². The number of carboxylic acid groups (broad SMARTS) is 1. The van der Waals surface area contributed by atoms with Crippen molar-refractivity contribution in [1.82, 2.24) is 9.47 Å². The van der Waals surface area contributed by atoms with E-state index in [9.17, 15) is 45.0 Å². The summed E-state index contributed by atoms with van der Waals surface area (Å²) in [5.41, 5.74) is -0.841. The first-order valence-electron chi connectivity index (χ1n) is 26.2. The number of carboxylic acids is 1. The number of aliphatic hydroxyl groups is 1. The molecule has 1 aromatic heterocycles. The number of halogens is 4. The van der Waals surface area contributed by atoms with Gasteiger partial charge in [0, 0.05) is 102 Å². The summed E-state index contributed by atoms with van der Waals surface area (Å²) in [4.78, 5) is 18.4. The molecule has 6 aromatic carbocycles. The third-order valence-corrected chi connectivity index (χ3v) is 18.7. The number of nitrogens with zero attached hydrogens (tertiary/aromatic N) is 4. The number of benzene rings is 6. The van der Waals surface area contributed by atoms with E-state index >= 15 is 0 Å². The van der Waals surface area contributed by atoms with E-state index in [1.807, 2.05) is 92.1 Å². The summed E-state index contributed by atoms with van der Waals surface area (Å²) >= 11 is 7.73. The third-order valence-electron chi connectivity index (χ3n) is 14.4. The molecule has 0 bridgehead atoms. The Morgan fingerprint density at radius 2 is 1.39 bits per heavy atom. The Bertz CT molecular complexity index is 3540. The number of para-hydroxylation sites is 1. The predicted molar refractivity (Wildman–Crippen MR) is 311 cm³/mol. The lowest BCUT2D eigenvalue weighted by Crippen LogP contribution is -2.46. The molecule has 9 rings (SSSR count). The summed E-state index contributed by atoms with van der Waals surface area (Å²) in [5, 5.41) is 24.3. The van der Waals surface area contributed by atoms with Gasteiger partial charge in [-0.1, -0.05) is 72.3 Å². The van der Waals surface area contributed by atoms with Gasteiger partial charge in [0.1, 0.15) is 10.6 Å². The van der Waals surface area contributed by atoms with Crippen molar-refractivity contribution in [3.05, 3.63) is 162 Å². The SMILES string of the molecule is Cc1c(C(=O)O)c(-c2cccc(N3CCN(c4ccc(NS(=O)(=O)c5ccc(N[C@H](CCN6CCC(O)CC6)CSc6ccccc6)c(S(=O)(=O)C(F)(F)F)c5)c(Oc5ccccc5)c4)CC3)c2)c(-c2ccc(Cl)cc2)n1C(C)C. The summed E-state index contributed by atoms with van der Waals surface area (Å²) in [5.74, 6) is -0.250. The van der Waals surface area contributed by atoms with Crippen molar-refractivity contribution in [2.75, 3.05) is 71.4 Å². The number of ether oxygens (including phenoxy) is 1. The molecule has 0 amide bonds. The summed E-state index contributed by atoms with van der Waals surface area (Å²) in [7, 11) is -10.9. The first kappa shape index (κ1) is 58.0. The number of alkyl halides is 3. The van der Waals surface area contributed by atoms with Crippen molar-refractivity contribution in [3.8, 4) is 33.9 Å². The largest absolute Gasteiger partial charge is 0.501 e. The summed E-state index contributed by atoms with van der Waals surface area (Å²) in [6.45, 7) is 9.79. The minimum atomic E-state index is -6.10. The monoisotopic (exact) mass is 1170 g/mol. The van der Waals surface area contributed by atoms with Gasteiger partial charge in [-0.3, -0.25) is 4.72 Å². The Balaban J connectivity index is 0.973. The molecule has 0 spiro atoms.